The molecule has 2 aromatic rings. The first-order chi connectivity index (χ1) is 13.6. The van der Waals surface area contributed by atoms with Crippen molar-refractivity contribution >= 4 is 41.3 Å². The summed E-state index contributed by atoms with van der Waals surface area (Å²) in [7, 11) is 1.82. The molecule has 1 fully saturated rings. The van der Waals surface area contributed by atoms with Crippen LogP contribution in [0.25, 0.3) is 0 Å². The largest absolute Gasteiger partial charge is 0.355 e. The molecule has 1 aliphatic heterocycles. The molecule has 3 rings (SSSR count). The Balaban J connectivity index is 0.00000300. The number of hydrogen-bond donors (Lipinski definition) is 2. The van der Waals surface area contributed by atoms with Gasteiger partial charge in [0.2, 0.25) is 0 Å². The van der Waals surface area contributed by atoms with Gasteiger partial charge >= 0.3 is 0 Å². The molecule has 6 nitrogen and oxygen atoms in total. The number of piperazine rings is 1. The van der Waals surface area contributed by atoms with Crippen LogP contribution in [-0.2, 0) is 13.1 Å². The highest BCUT2D eigenvalue weighted by Gasteiger charge is 2.16. The molecular weight excluding hydrogens is 495 g/mol. The first-order valence-electron chi connectivity index (χ1n) is 10.00. The second kappa shape index (κ2) is 12.5. The lowest BCUT2D eigenvalue weighted by atomic mass is 10.2. The molecule has 0 saturated carbocycles. The Morgan fingerprint density at radius 1 is 1.07 bits per heavy atom. The van der Waals surface area contributed by atoms with Crippen molar-refractivity contribution in [1.82, 2.24) is 25.4 Å². The van der Waals surface area contributed by atoms with E-state index in [1.165, 1.54) is 10.4 Å². The predicted molar refractivity (Wildman–Crippen MR) is 133 cm³/mol. The van der Waals surface area contributed by atoms with Crippen molar-refractivity contribution in [1.29, 1.82) is 0 Å². The van der Waals surface area contributed by atoms with Crippen molar-refractivity contribution in [3.63, 3.8) is 0 Å². The number of halogens is 1. The molecule has 0 unspecified atom stereocenters. The van der Waals surface area contributed by atoms with Crippen LogP contribution in [0, 0.1) is 13.8 Å². The highest BCUT2D eigenvalue weighted by atomic mass is 127. The highest BCUT2D eigenvalue weighted by Crippen LogP contribution is 2.16. The number of nitrogens with zero attached hydrogens (tertiary/aromatic N) is 4. The fourth-order valence-corrected chi connectivity index (χ4v) is 4.34. The van der Waals surface area contributed by atoms with Crippen molar-refractivity contribution < 1.29 is 0 Å². The van der Waals surface area contributed by atoms with Gasteiger partial charge < -0.3 is 10.6 Å². The number of rotatable bonds is 7. The summed E-state index contributed by atoms with van der Waals surface area (Å²) in [5, 5.41) is 7.94. The molecule has 0 amide bonds. The lowest BCUT2D eigenvalue weighted by molar-refractivity contribution is 0.129. The molecule has 160 valence electrons. The molecule has 8 heteroatoms. The van der Waals surface area contributed by atoms with Gasteiger partial charge in [-0.1, -0.05) is 30.3 Å². The second-order valence-electron chi connectivity index (χ2n) is 7.20. The number of aromatic nitrogens is 1. The normalized spacial score (nSPS) is 15.8. The summed E-state index contributed by atoms with van der Waals surface area (Å²) in [5.74, 6) is 0.855. The Morgan fingerprint density at radius 3 is 2.38 bits per heavy atom. The first-order valence-corrected chi connectivity index (χ1v) is 10.8. The summed E-state index contributed by atoms with van der Waals surface area (Å²) >= 11 is 1.74. The van der Waals surface area contributed by atoms with Crippen LogP contribution in [0.4, 0.5) is 0 Å². The summed E-state index contributed by atoms with van der Waals surface area (Å²) in [4.78, 5) is 15.2. The van der Waals surface area contributed by atoms with Gasteiger partial charge in [0, 0.05) is 57.7 Å². The fourth-order valence-electron chi connectivity index (χ4n) is 3.47. The Morgan fingerprint density at radius 2 is 1.76 bits per heavy atom. The Kier molecular flexibility index (Phi) is 10.3. The van der Waals surface area contributed by atoms with Crippen LogP contribution in [0.5, 0.6) is 0 Å². The van der Waals surface area contributed by atoms with Crippen molar-refractivity contribution in [2.75, 3.05) is 46.3 Å². The molecule has 1 aromatic carbocycles. The van der Waals surface area contributed by atoms with E-state index < -0.39 is 0 Å². The SMILES string of the molecule is CN=C(NCCN1CCN(Cc2ccccc2)CC1)NCc1sc(C)nc1C.I. The van der Waals surface area contributed by atoms with Gasteiger partial charge in [-0.05, 0) is 19.4 Å². The lowest BCUT2D eigenvalue weighted by Gasteiger charge is -2.34. The summed E-state index contributed by atoms with van der Waals surface area (Å²) in [6, 6.07) is 10.7. The van der Waals surface area contributed by atoms with Gasteiger partial charge in [0.25, 0.3) is 0 Å². The zero-order chi connectivity index (χ0) is 19.8. The number of thiazole rings is 1. The van der Waals surface area contributed by atoms with Gasteiger partial charge in [0.05, 0.1) is 17.2 Å². The number of aryl methyl sites for hydroxylation is 2. The zero-order valence-electron chi connectivity index (χ0n) is 17.6. The fraction of sp³-hybridized carbons (Fsp3) is 0.524. The van der Waals surface area contributed by atoms with Gasteiger partial charge in [-0.3, -0.25) is 14.8 Å². The van der Waals surface area contributed by atoms with Crippen molar-refractivity contribution in [2.24, 2.45) is 4.99 Å². The molecule has 1 aromatic heterocycles. The Bertz CT molecular complexity index is 756. The minimum Gasteiger partial charge on any atom is -0.355 e. The number of nitrogens with one attached hydrogen (secondary N) is 2. The standard InChI is InChI=1S/C21H32N6S.HI/c1-17-20(28-18(2)25-17)15-24-21(22-3)23-9-10-26-11-13-27(14-12-26)16-19-7-5-4-6-8-19;/h4-8H,9-16H2,1-3H3,(H2,22,23,24);1H. The van der Waals surface area contributed by atoms with Crippen LogP contribution in [0.1, 0.15) is 21.1 Å². The van der Waals surface area contributed by atoms with Gasteiger partial charge in [0.1, 0.15) is 0 Å². The second-order valence-corrected chi connectivity index (χ2v) is 8.49. The molecule has 1 aliphatic rings. The third-order valence-corrected chi connectivity index (χ3v) is 6.15. The van der Waals surface area contributed by atoms with Crippen LogP contribution < -0.4 is 10.6 Å². The molecule has 0 bridgehead atoms. The van der Waals surface area contributed by atoms with E-state index in [1.807, 2.05) is 14.0 Å². The topological polar surface area (TPSA) is 55.8 Å². The summed E-state index contributed by atoms with van der Waals surface area (Å²) in [5.41, 5.74) is 2.51. The van der Waals surface area contributed by atoms with Gasteiger partial charge in [-0.15, -0.1) is 35.3 Å². The summed E-state index contributed by atoms with van der Waals surface area (Å²) in [6.07, 6.45) is 0. The molecular formula is C21H33IN6S. The molecule has 0 spiro atoms. The predicted octanol–water partition coefficient (Wildman–Crippen LogP) is 2.86. The average Bonchev–Trinajstić information content (AvgIpc) is 3.03. The van der Waals surface area contributed by atoms with Crippen molar-refractivity contribution in [3.8, 4) is 0 Å². The summed E-state index contributed by atoms with van der Waals surface area (Å²) in [6.45, 7) is 12.4. The molecule has 0 aliphatic carbocycles. The van der Waals surface area contributed by atoms with E-state index in [9.17, 15) is 0 Å². The zero-order valence-corrected chi connectivity index (χ0v) is 20.8. The van der Waals surface area contributed by atoms with Crippen LogP contribution in [0.15, 0.2) is 35.3 Å². The Labute approximate surface area is 195 Å². The number of aliphatic imine (C=N–C) groups is 1. The third kappa shape index (κ3) is 7.84. The van der Waals surface area contributed by atoms with Crippen LogP contribution in [-0.4, -0.2) is 67.1 Å². The van der Waals surface area contributed by atoms with Gasteiger partial charge in [0.15, 0.2) is 5.96 Å². The van der Waals surface area contributed by atoms with E-state index in [4.69, 9.17) is 0 Å². The van der Waals surface area contributed by atoms with E-state index >= 15 is 0 Å². The average molecular weight is 529 g/mol. The molecule has 2 N–H and O–H groups in total. The summed E-state index contributed by atoms with van der Waals surface area (Å²) < 4.78 is 0. The number of guanidine groups is 1. The van der Waals surface area contributed by atoms with Crippen LogP contribution in [0.3, 0.4) is 0 Å². The van der Waals surface area contributed by atoms with Gasteiger partial charge in [-0.2, -0.15) is 0 Å². The smallest absolute Gasteiger partial charge is 0.191 e. The minimum atomic E-state index is 0. The van der Waals surface area contributed by atoms with Crippen molar-refractivity contribution in [3.05, 3.63) is 51.5 Å². The van der Waals surface area contributed by atoms with Gasteiger partial charge in [-0.25, -0.2) is 4.98 Å². The van der Waals surface area contributed by atoms with E-state index in [0.29, 0.717) is 0 Å². The molecule has 2 heterocycles. The first kappa shape index (κ1) is 24.0. The molecule has 29 heavy (non-hydrogen) atoms. The van der Waals surface area contributed by atoms with Crippen LogP contribution in [0.2, 0.25) is 0 Å². The number of benzene rings is 1. The van der Waals surface area contributed by atoms with E-state index in [2.05, 4.69) is 67.7 Å². The molecule has 0 radical (unpaired) electrons. The highest BCUT2D eigenvalue weighted by molar-refractivity contribution is 14.0. The number of hydrogen-bond acceptors (Lipinski definition) is 5. The van der Waals surface area contributed by atoms with E-state index in [-0.39, 0.29) is 24.0 Å². The maximum Gasteiger partial charge on any atom is 0.191 e. The lowest BCUT2D eigenvalue weighted by Crippen LogP contribution is -2.48. The van der Waals surface area contributed by atoms with Crippen LogP contribution >= 0.6 is 35.3 Å². The molecule has 1 saturated heterocycles. The monoisotopic (exact) mass is 528 g/mol. The maximum atomic E-state index is 4.48. The quantitative estimate of drug-likeness (QED) is 0.329. The van der Waals surface area contributed by atoms with E-state index in [1.54, 1.807) is 11.3 Å². The Hall–Kier alpha value is -1.23. The maximum absolute atomic E-state index is 4.48. The third-order valence-electron chi connectivity index (χ3n) is 5.07. The van der Waals surface area contributed by atoms with Crippen molar-refractivity contribution in [2.45, 2.75) is 26.9 Å². The van der Waals surface area contributed by atoms with E-state index in [0.717, 1.165) is 69.0 Å². The molecule has 0 atom stereocenters. The minimum absolute atomic E-state index is 0.